The van der Waals surface area contributed by atoms with Gasteiger partial charge in [0, 0.05) is 18.6 Å². The second kappa shape index (κ2) is 3.57. The van der Waals surface area contributed by atoms with Crippen LogP contribution in [0, 0.1) is 6.92 Å². The van der Waals surface area contributed by atoms with Gasteiger partial charge in [-0.3, -0.25) is 0 Å². The molecule has 4 nitrogen and oxygen atoms in total. The number of imidazole rings is 1. The molecule has 0 saturated carbocycles. The van der Waals surface area contributed by atoms with E-state index in [1.807, 2.05) is 13.0 Å². The standard InChI is InChI=1S/C8H8N4S/c1-6-9-3-2-7(12-6)13-8-10-4-5-11-8/h2-5H,1H3,(H,10,11). The quantitative estimate of drug-likeness (QED) is 0.735. The van der Waals surface area contributed by atoms with Crippen LogP contribution in [0.1, 0.15) is 5.82 Å². The van der Waals surface area contributed by atoms with E-state index in [9.17, 15) is 0 Å². The Balaban J connectivity index is 2.19. The van der Waals surface area contributed by atoms with E-state index in [-0.39, 0.29) is 0 Å². The molecule has 0 amide bonds. The van der Waals surface area contributed by atoms with Crippen LogP contribution in [0.4, 0.5) is 0 Å². The Morgan fingerprint density at radius 2 is 2.23 bits per heavy atom. The lowest BCUT2D eigenvalue weighted by molar-refractivity contribution is 0.958. The van der Waals surface area contributed by atoms with Gasteiger partial charge in [-0.15, -0.1) is 0 Å². The molecule has 0 unspecified atom stereocenters. The predicted octanol–water partition coefficient (Wildman–Crippen LogP) is 1.66. The maximum Gasteiger partial charge on any atom is 0.171 e. The minimum atomic E-state index is 0.775. The molecule has 0 aromatic carbocycles. The molecular weight excluding hydrogens is 184 g/mol. The third kappa shape index (κ3) is 2.06. The van der Waals surface area contributed by atoms with Crippen LogP contribution in [-0.4, -0.2) is 19.9 Å². The first-order valence-electron chi connectivity index (χ1n) is 3.81. The van der Waals surface area contributed by atoms with Gasteiger partial charge in [-0.1, -0.05) is 0 Å². The number of H-pyrrole nitrogens is 1. The highest BCUT2D eigenvalue weighted by molar-refractivity contribution is 7.99. The SMILES string of the molecule is Cc1nccc(Sc2ncc[nH]2)n1. The molecular formula is C8H8N4S. The molecule has 0 aliphatic rings. The first kappa shape index (κ1) is 8.25. The Kier molecular flexibility index (Phi) is 2.27. The normalized spacial score (nSPS) is 10.2. The molecule has 0 fully saturated rings. The lowest BCUT2D eigenvalue weighted by Gasteiger charge is -1.96. The Morgan fingerprint density at radius 3 is 2.92 bits per heavy atom. The van der Waals surface area contributed by atoms with E-state index in [0.29, 0.717) is 0 Å². The number of hydrogen-bond donors (Lipinski definition) is 1. The molecule has 2 heterocycles. The summed E-state index contributed by atoms with van der Waals surface area (Å²) in [6.07, 6.45) is 5.25. The molecule has 5 heteroatoms. The second-order valence-corrected chi connectivity index (χ2v) is 3.45. The Morgan fingerprint density at radius 1 is 1.31 bits per heavy atom. The lowest BCUT2D eigenvalue weighted by Crippen LogP contribution is -1.87. The summed E-state index contributed by atoms with van der Waals surface area (Å²) in [5.74, 6) is 0.775. The summed E-state index contributed by atoms with van der Waals surface area (Å²) in [7, 11) is 0. The van der Waals surface area contributed by atoms with Crippen LogP contribution in [0.2, 0.25) is 0 Å². The number of rotatable bonds is 2. The van der Waals surface area contributed by atoms with Gasteiger partial charge in [0.2, 0.25) is 0 Å². The summed E-state index contributed by atoms with van der Waals surface area (Å²) >= 11 is 1.49. The van der Waals surface area contributed by atoms with Crippen LogP contribution in [0.15, 0.2) is 34.8 Å². The molecule has 2 aromatic rings. The van der Waals surface area contributed by atoms with Crippen LogP contribution in [0.5, 0.6) is 0 Å². The zero-order valence-electron chi connectivity index (χ0n) is 7.06. The third-order valence-electron chi connectivity index (χ3n) is 1.42. The Bertz CT molecular complexity index is 385. The number of aryl methyl sites for hydroxylation is 1. The smallest absolute Gasteiger partial charge is 0.171 e. The molecule has 2 rings (SSSR count). The van der Waals surface area contributed by atoms with Crippen molar-refractivity contribution in [1.82, 2.24) is 19.9 Å². The van der Waals surface area contributed by atoms with Crippen molar-refractivity contribution in [2.24, 2.45) is 0 Å². The predicted molar refractivity (Wildman–Crippen MR) is 49.5 cm³/mol. The topological polar surface area (TPSA) is 54.5 Å². The summed E-state index contributed by atoms with van der Waals surface area (Å²) in [5, 5.41) is 1.75. The average molecular weight is 192 g/mol. The zero-order chi connectivity index (χ0) is 9.10. The van der Waals surface area contributed by atoms with Crippen molar-refractivity contribution in [3.8, 4) is 0 Å². The second-order valence-electron chi connectivity index (χ2n) is 2.44. The summed E-state index contributed by atoms with van der Waals surface area (Å²) in [6.45, 7) is 1.87. The summed E-state index contributed by atoms with van der Waals surface area (Å²) in [5.41, 5.74) is 0. The Labute approximate surface area is 79.8 Å². The number of aromatic amines is 1. The van der Waals surface area contributed by atoms with Crippen LogP contribution in [0.3, 0.4) is 0 Å². The maximum atomic E-state index is 4.24. The fourth-order valence-electron chi connectivity index (χ4n) is 0.897. The van der Waals surface area contributed by atoms with Crippen molar-refractivity contribution >= 4 is 11.8 Å². The van der Waals surface area contributed by atoms with E-state index >= 15 is 0 Å². The highest BCUT2D eigenvalue weighted by Crippen LogP contribution is 2.21. The van der Waals surface area contributed by atoms with Crippen molar-refractivity contribution in [3.63, 3.8) is 0 Å². The molecule has 0 spiro atoms. The highest BCUT2D eigenvalue weighted by Gasteiger charge is 2.00. The highest BCUT2D eigenvalue weighted by atomic mass is 32.2. The van der Waals surface area contributed by atoms with Crippen LogP contribution >= 0.6 is 11.8 Å². The van der Waals surface area contributed by atoms with E-state index in [4.69, 9.17) is 0 Å². The molecule has 0 aliphatic carbocycles. The molecule has 1 N–H and O–H groups in total. The number of nitrogens with one attached hydrogen (secondary N) is 1. The van der Waals surface area contributed by atoms with Gasteiger partial charge in [0.05, 0.1) is 0 Å². The largest absolute Gasteiger partial charge is 0.339 e. The van der Waals surface area contributed by atoms with Gasteiger partial charge in [0.1, 0.15) is 10.9 Å². The minimum Gasteiger partial charge on any atom is -0.339 e. The molecule has 0 atom stereocenters. The van der Waals surface area contributed by atoms with Crippen molar-refractivity contribution in [2.75, 3.05) is 0 Å². The summed E-state index contributed by atoms with van der Waals surface area (Å²) in [4.78, 5) is 15.3. The average Bonchev–Trinajstić information content (AvgIpc) is 2.57. The monoisotopic (exact) mass is 192 g/mol. The van der Waals surface area contributed by atoms with Gasteiger partial charge in [0.25, 0.3) is 0 Å². The van der Waals surface area contributed by atoms with Crippen LogP contribution < -0.4 is 0 Å². The van der Waals surface area contributed by atoms with E-state index in [1.165, 1.54) is 11.8 Å². The molecule has 13 heavy (non-hydrogen) atoms. The Hall–Kier alpha value is -1.36. The molecule has 0 saturated heterocycles. The first-order valence-corrected chi connectivity index (χ1v) is 4.63. The van der Waals surface area contributed by atoms with E-state index in [0.717, 1.165) is 16.0 Å². The van der Waals surface area contributed by atoms with E-state index in [2.05, 4.69) is 19.9 Å². The molecule has 0 bridgehead atoms. The van der Waals surface area contributed by atoms with Gasteiger partial charge in [0.15, 0.2) is 5.16 Å². The molecule has 0 radical (unpaired) electrons. The third-order valence-corrected chi connectivity index (χ3v) is 2.28. The van der Waals surface area contributed by atoms with Crippen molar-refractivity contribution in [2.45, 2.75) is 17.1 Å². The van der Waals surface area contributed by atoms with E-state index in [1.54, 1.807) is 18.6 Å². The van der Waals surface area contributed by atoms with Crippen LogP contribution in [0.25, 0.3) is 0 Å². The molecule has 66 valence electrons. The lowest BCUT2D eigenvalue weighted by atomic mass is 10.6. The zero-order valence-corrected chi connectivity index (χ0v) is 7.88. The maximum absolute atomic E-state index is 4.24. The van der Waals surface area contributed by atoms with Crippen molar-refractivity contribution in [1.29, 1.82) is 0 Å². The van der Waals surface area contributed by atoms with E-state index < -0.39 is 0 Å². The molecule has 0 aliphatic heterocycles. The van der Waals surface area contributed by atoms with Gasteiger partial charge in [-0.2, -0.15) is 0 Å². The summed E-state index contributed by atoms with van der Waals surface area (Å²) in [6, 6.07) is 1.86. The summed E-state index contributed by atoms with van der Waals surface area (Å²) < 4.78 is 0. The van der Waals surface area contributed by atoms with Gasteiger partial charge >= 0.3 is 0 Å². The van der Waals surface area contributed by atoms with Crippen molar-refractivity contribution in [3.05, 3.63) is 30.5 Å². The molecule has 2 aromatic heterocycles. The number of aromatic nitrogens is 4. The first-order chi connectivity index (χ1) is 6.34. The van der Waals surface area contributed by atoms with Crippen molar-refractivity contribution < 1.29 is 0 Å². The van der Waals surface area contributed by atoms with Gasteiger partial charge in [-0.25, -0.2) is 15.0 Å². The van der Waals surface area contributed by atoms with Crippen LogP contribution in [-0.2, 0) is 0 Å². The van der Waals surface area contributed by atoms with Gasteiger partial charge in [-0.05, 0) is 24.8 Å². The minimum absolute atomic E-state index is 0.775. The number of nitrogens with zero attached hydrogens (tertiary/aromatic N) is 3. The fourth-order valence-corrected chi connectivity index (χ4v) is 1.64. The van der Waals surface area contributed by atoms with Gasteiger partial charge < -0.3 is 4.98 Å². The fraction of sp³-hybridized carbons (Fsp3) is 0.125. The number of hydrogen-bond acceptors (Lipinski definition) is 4.